The van der Waals surface area contributed by atoms with Gasteiger partial charge in [-0.2, -0.15) is 0 Å². The molecule has 0 radical (unpaired) electrons. The zero-order valence-corrected chi connectivity index (χ0v) is 22.9. The fourth-order valence-corrected chi connectivity index (χ4v) is 4.42. The van der Waals surface area contributed by atoms with Gasteiger partial charge in [-0.05, 0) is 60.7 Å². The largest absolute Gasteiger partial charge is 0.483 e. The fourth-order valence-electron chi connectivity index (χ4n) is 3.98. The SMILES string of the molecule is CCCCNC(=O)[C@H](Cc1ccccc1)N(Cc1cccc(Br)c1)C(=O)COc1cc(C)ccc1C. The summed E-state index contributed by atoms with van der Waals surface area (Å²) in [6, 6.07) is 22.9. The quantitative estimate of drug-likeness (QED) is 0.281. The Morgan fingerprint density at radius 2 is 1.72 bits per heavy atom. The maximum absolute atomic E-state index is 13.7. The Morgan fingerprint density at radius 1 is 0.972 bits per heavy atom. The van der Waals surface area contributed by atoms with Crippen molar-refractivity contribution in [1.29, 1.82) is 0 Å². The summed E-state index contributed by atoms with van der Waals surface area (Å²) < 4.78 is 6.89. The molecule has 1 atom stereocenters. The van der Waals surface area contributed by atoms with Crippen LogP contribution in [0.4, 0.5) is 0 Å². The van der Waals surface area contributed by atoms with Crippen LogP contribution in [0, 0.1) is 13.8 Å². The second kappa shape index (κ2) is 13.8. The van der Waals surface area contributed by atoms with Crippen molar-refractivity contribution in [3.05, 3.63) is 99.5 Å². The van der Waals surface area contributed by atoms with Crippen LogP contribution in [0.25, 0.3) is 0 Å². The number of hydrogen-bond donors (Lipinski definition) is 1. The van der Waals surface area contributed by atoms with Crippen molar-refractivity contribution in [2.75, 3.05) is 13.2 Å². The molecule has 0 unspecified atom stereocenters. The van der Waals surface area contributed by atoms with Gasteiger partial charge in [-0.3, -0.25) is 9.59 Å². The van der Waals surface area contributed by atoms with Crippen molar-refractivity contribution >= 4 is 27.7 Å². The molecule has 3 aromatic rings. The van der Waals surface area contributed by atoms with Crippen LogP contribution in [-0.4, -0.2) is 35.9 Å². The predicted octanol–water partition coefficient (Wildman–Crippen LogP) is 6.00. The summed E-state index contributed by atoms with van der Waals surface area (Å²) in [6.45, 7) is 6.76. The minimum absolute atomic E-state index is 0.147. The van der Waals surface area contributed by atoms with E-state index >= 15 is 0 Å². The summed E-state index contributed by atoms with van der Waals surface area (Å²) >= 11 is 3.52. The Labute approximate surface area is 223 Å². The van der Waals surface area contributed by atoms with E-state index < -0.39 is 6.04 Å². The van der Waals surface area contributed by atoms with Gasteiger partial charge in [0.25, 0.3) is 5.91 Å². The van der Waals surface area contributed by atoms with E-state index in [1.807, 2.05) is 86.6 Å². The van der Waals surface area contributed by atoms with Crippen molar-refractivity contribution in [3.63, 3.8) is 0 Å². The number of nitrogens with one attached hydrogen (secondary N) is 1. The molecule has 190 valence electrons. The Hall–Kier alpha value is -3.12. The van der Waals surface area contributed by atoms with Gasteiger partial charge in [-0.25, -0.2) is 0 Å². The third-order valence-corrected chi connectivity index (χ3v) is 6.53. The van der Waals surface area contributed by atoms with Crippen LogP contribution < -0.4 is 10.1 Å². The Morgan fingerprint density at radius 3 is 2.44 bits per heavy atom. The molecule has 0 saturated carbocycles. The second-order valence-electron chi connectivity index (χ2n) is 9.06. The molecule has 36 heavy (non-hydrogen) atoms. The summed E-state index contributed by atoms with van der Waals surface area (Å²) in [6.07, 6.45) is 2.29. The van der Waals surface area contributed by atoms with Crippen molar-refractivity contribution in [3.8, 4) is 5.75 Å². The highest BCUT2D eigenvalue weighted by Crippen LogP contribution is 2.21. The normalized spacial score (nSPS) is 11.6. The van der Waals surface area contributed by atoms with Gasteiger partial charge in [-0.1, -0.05) is 83.9 Å². The summed E-state index contributed by atoms with van der Waals surface area (Å²) in [5.74, 6) is 0.294. The van der Waals surface area contributed by atoms with Gasteiger partial charge in [-0.15, -0.1) is 0 Å². The van der Waals surface area contributed by atoms with E-state index in [0.717, 1.165) is 39.6 Å². The first-order valence-electron chi connectivity index (χ1n) is 12.4. The monoisotopic (exact) mass is 550 g/mol. The maximum Gasteiger partial charge on any atom is 0.261 e. The van der Waals surface area contributed by atoms with Crippen LogP contribution in [0.3, 0.4) is 0 Å². The van der Waals surface area contributed by atoms with E-state index in [9.17, 15) is 9.59 Å². The number of nitrogens with zero attached hydrogens (tertiary/aromatic N) is 1. The van der Waals surface area contributed by atoms with Crippen LogP contribution >= 0.6 is 15.9 Å². The molecule has 0 aliphatic rings. The molecule has 0 aromatic heterocycles. The van der Waals surface area contributed by atoms with E-state index in [1.54, 1.807) is 4.90 Å². The van der Waals surface area contributed by atoms with Gasteiger partial charge in [0.2, 0.25) is 5.91 Å². The molecule has 0 aliphatic heterocycles. The molecule has 0 fully saturated rings. The van der Waals surface area contributed by atoms with E-state index in [1.165, 1.54) is 0 Å². The van der Waals surface area contributed by atoms with Gasteiger partial charge in [0.15, 0.2) is 6.61 Å². The van der Waals surface area contributed by atoms with Gasteiger partial charge >= 0.3 is 0 Å². The van der Waals surface area contributed by atoms with Gasteiger partial charge in [0.05, 0.1) is 0 Å². The van der Waals surface area contributed by atoms with Crippen LogP contribution in [0.2, 0.25) is 0 Å². The van der Waals surface area contributed by atoms with E-state index in [-0.39, 0.29) is 18.4 Å². The zero-order valence-electron chi connectivity index (χ0n) is 21.3. The average molecular weight is 552 g/mol. The summed E-state index contributed by atoms with van der Waals surface area (Å²) in [5.41, 5.74) is 3.95. The number of rotatable bonds is 12. The predicted molar refractivity (Wildman–Crippen MR) is 148 cm³/mol. The first-order valence-corrected chi connectivity index (χ1v) is 13.2. The minimum Gasteiger partial charge on any atom is -0.483 e. The number of aryl methyl sites for hydroxylation is 2. The minimum atomic E-state index is -0.669. The third kappa shape index (κ3) is 8.23. The van der Waals surface area contributed by atoms with Crippen LogP contribution in [-0.2, 0) is 22.6 Å². The van der Waals surface area contributed by atoms with Crippen molar-refractivity contribution in [2.24, 2.45) is 0 Å². The van der Waals surface area contributed by atoms with Crippen LogP contribution in [0.15, 0.2) is 77.3 Å². The number of amides is 2. The fraction of sp³-hybridized carbons (Fsp3) is 0.333. The highest BCUT2D eigenvalue weighted by molar-refractivity contribution is 9.10. The van der Waals surface area contributed by atoms with E-state index in [0.29, 0.717) is 25.3 Å². The molecular formula is C30H35BrN2O3. The molecule has 1 N–H and O–H groups in total. The first kappa shape index (κ1) is 27.5. The Kier molecular flexibility index (Phi) is 10.6. The highest BCUT2D eigenvalue weighted by Gasteiger charge is 2.30. The standard InChI is InChI=1S/C30H35BrN2O3/c1-4-5-16-32-30(35)27(19-24-10-7-6-8-11-24)33(20-25-12-9-13-26(31)18-25)29(34)21-36-28-17-22(2)14-15-23(28)3/h6-15,17-18,27H,4-5,16,19-21H2,1-3H3,(H,32,35)/t27-/m0/s1. The first-order chi connectivity index (χ1) is 17.4. The zero-order chi connectivity index (χ0) is 25.9. The molecule has 0 saturated heterocycles. The lowest BCUT2D eigenvalue weighted by Gasteiger charge is -2.31. The molecule has 3 aromatic carbocycles. The average Bonchev–Trinajstić information content (AvgIpc) is 2.87. The molecular weight excluding hydrogens is 516 g/mol. The Balaban J connectivity index is 1.90. The summed E-state index contributed by atoms with van der Waals surface area (Å²) in [5, 5.41) is 3.04. The van der Waals surface area contributed by atoms with Crippen molar-refractivity contribution < 1.29 is 14.3 Å². The van der Waals surface area contributed by atoms with Gasteiger partial charge in [0, 0.05) is 24.0 Å². The number of hydrogen-bond acceptors (Lipinski definition) is 3. The molecule has 0 heterocycles. The second-order valence-corrected chi connectivity index (χ2v) is 9.97. The number of halogens is 1. The lowest BCUT2D eigenvalue weighted by molar-refractivity contribution is -0.142. The molecule has 5 nitrogen and oxygen atoms in total. The topological polar surface area (TPSA) is 58.6 Å². The third-order valence-electron chi connectivity index (χ3n) is 6.04. The number of benzene rings is 3. The molecule has 0 bridgehead atoms. The summed E-state index contributed by atoms with van der Waals surface area (Å²) in [7, 11) is 0. The number of carbonyl (C=O) groups is 2. The van der Waals surface area contributed by atoms with Crippen molar-refractivity contribution in [2.45, 2.75) is 52.6 Å². The molecule has 0 aliphatic carbocycles. The number of carbonyl (C=O) groups excluding carboxylic acids is 2. The van der Waals surface area contributed by atoms with Gasteiger partial charge < -0.3 is 15.0 Å². The van der Waals surface area contributed by atoms with Crippen LogP contribution in [0.5, 0.6) is 5.75 Å². The smallest absolute Gasteiger partial charge is 0.261 e. The van der Waals surface area contributed by atoms with E-state index in [2.05, 4.69) is 28.2 Å². The van der Waals surface area contributed by atoms with Gasteiger partial charge in [0.1, 0.15) is 11.8 Å². The molecule has 0 spiro atoms. The molecule has 2 amide bonds. The number of ether oxygens (including phenoxy) is 1. The lowest BCUT2D eigenvalue weighted by Crippen LogP contribution is -2.51. The van der Waals surface area contributed by atoms with Crippen LogP contribution in [0.1, 0.15) is 42.0 Å². The molecule has 3 rings (SSSR count). The van der Waals surface area contributed by atoms with E-state index in [4.69, 9.17) is 4.74 Å². The Bertz CT molecular complexity index is 1150. The number of unbranched alkanes of at least 4 members (excludes halogenated alkanes) is 1. The maximum atomic E-state index is 13.7. The summed E-state index contributed by atoms with van der Waals surface area (Å²) in [4.78, 5) is 28.8. The lowest BCUT2D eigenvalue weighted by atomic mass is 10.0. The van der Waals surface area contributed by atoms with Crippen molar-refractivity contribution in [1.82, 2.24) is 10.2 Å². The highest BCUT2D eigenvalue weighted by atomic mass is 79.9. The molecule has 6 heteroatoms.